The van der Waals surface area contributed by atoms with Crippen LogP contribution in [0.25, 0.3) is 0 Å². The number of sulfone groups is 1. The summed E-state index contributed by atoms with van der Waals surface area (Å²) >= 11 is 0. The summed E-state index contributed by atoms with van der Waals surface area (Å²) in [6, 6.07) is 0. The van der Waals surface area contributed by atoms with Gasteiger partial charge in [-0.25, -0.2) is 8.42 Å². The number of hydrogen-bond donors (Lipinski definition) is 0. The van der Waals surface area contributed by atoms with Crippen LogP contribution in [-0.2, 0) is 9.84 Å². The fraction of sp³-hybridized carbons (Fsp3) is 0.545. The van der Waals surface area contributed by atoms with Crippen molar-refractivity contribution >= 4 is 16.6 Å². The van der Waals surface area contributed by atoms with Crippen molar-refractivity contribution in [3.8, 4) is 0 Å². The van der Waals surface area contributed by atoms with Crippen LogP contribution >= 0.6 is 0 Å². The van der Waals surface area contributed by atoms with Gasteiger partial charge in [-0.1, -0.05) is 19.9 Å². The van der Waals surface area contributed by atoms with Gasteiger partial charge in [0.25, 0.3) is 0 Å². The van der Waals surface area contributed by atoms with Gasteiger partial charge in [-0.05, 0) is 30.7 Å². The standard InChI is InChI=1S/C11H19NO2S/c1-6-10(8-15(5,13)14)11(7-12-4)9(2)3/h6-7,9H,4,8H2,1-3,5H3/b10-6-,11-7-. The zero-order valence-electron chi connectivity index (χ0n) is 9.82. The molecule has 15 heavy (non-hydrogen) atoms. The van der Waals surface area contributed by atoms with Crippen LogP contribution in [0.4, 0.5) is 0 Å². The Morgan fingerprint density at radius 3 is 2.27 bits per heavy atom. The summed E-state index contributed by atoms with van der Waals surface area (Å²) in [6.07, 6.45) is 4.68. The summed E-state index contributed by atoms with van der Waals surface area (Å²) in [4.78, 5) is 3.71. The van der Waals surface area contributed by atoms with Crippen molar-refractivity contribution in [2.45, 2.75) is 20.8 Å². The van der Waals surface area contributed by atoms with E-state index in [4.69, 9.17) is 0 Å². The molecule has 4 heteroatoms. The highest BCUT2D eigenvalue weighted by molar-refractivity contribution is 7.90. The molecular formula is C11H19NO2S. The van der Waals surface area contributed by atoms with Gasteiger partial charge in [0.2, 0.25) is 0 Å². The second kappa shape index (κ2) is 5.85. The van der Waals surface area contributed by atoms with Gasteiger partial charge in [0.1, 0.15) is 0 Å². The van der Waals surface area contributed by atoms with E-state index >= 15 is 0 Å². The van der Waals surface area contributed by atoms with Crippen LogP contribution in [0.3, 0.4) is 0 Å². The Bertz CT molecular complexity index is 375. The molecule has 86 valence electrons. The third-order valence-corrected chi connectivity index (χ3v) is 2.82. The van der Waals surface area contributed by atoms with E-state index in [1.807, 2.05) is 26.8 Å². The molecule has 0 aliphatic heterocycles. The molecule has 0 aromatic carbocycles. The average Bonchev–Trinajstić information content (AvgIpc) is 2.08. The maximum absolute atomic E-state index is 11.2. The Kier molecular flexibility index (Phi) is 5.50. The molecule has 0 aromatic rings. The Morgan fingerprint density at radius 2 is 2.00 bits per heavy atom. The molecule has 0 rings (SSSR count). The van der Waals surface area contributed by atoms with Crippen molar-refractivity contribution in [2.24, 2.45) is 10.9 Å². The minimum absolute atomic E-state index is 0.0586. The fourth-order valence-electron chi connectivity index (χ4n) is 1.32. The molecule has 0 radical (unpaired) electrons. The molecule has 0 saturated heterocycles. The number of hydrogen-bond acceptors (Lipinski definition) is 3. The zero-order chi connectivity index (χ0) is 12.1. The minimum Gasteiger partial charge on any atom is -0.272 e. The second-order valence-electron chi connectivity index (χ2n) is 3.81. The number of allylic oxidation sites excluding steroid dienone is 2. The smallest absolute Gasteiger partial charge is 0.151 e. The first-order valence-electron chi connectivity index (χ1n) is 4.81. The summed E-state index contributed by atoms with van der Waals surface area (Å²) in [5, 5.41) is 0. The van der Waals surface area contributed by atoms with Crippen molar-refractivity contribution in [3.63, 3.8) is 0 Å². The van der Waals surface area contributed by atoms with E-state index in [1.54, 1.807) is 6.20 Å². The molecule has 0 bridgehead atoms. The van der Waals surface area contributed by atoms with Gasteiger partial charge in [0.05, 0.1) is 5.75 Å². The lowest BCUT2D eigenvalue weighted by Gasteiger charge is -2.13. The van der Waals surface area contributed by atoms with Crippen LogP contribution in [0.5, 0.6) is 0 Å². The highest BCUT2D eigenvalue weighted by Gasteiger charge is 2.13. The van der Waals surface area contributed by atoms with E-state index in [1.165, 1.54) is 6.26 Å². The Balaban J connectivity index is 5.12. The maximum Gasteiger partial charge on any atom is 0.151 e. The Morgan fingerprint density at radius 1 is 1.47 bits per heavy atom. The molecule has 0 aliphatic carbocycles. The molecular weight excluding hydrogens is 210 g/mol. The van der Waals surface area contributed by atoms with Crippen molar-refractivity contribution < 1.29 is 8.42 Å². The number of rotatable bonds is 5. The lowest BCUT2D eigenvalue weighted by molar-refractivity contribution is 0.603. The highest BCUT2D eigenvalue weighted by Crippen LogP contribution is 2.20. The van der Waals surface area contributed by atoms with Crippen LogP contribution in [0.1, 0.15) is 20.8 Å². The molecule has 0 heterocycles. The Labute approximate surface area is 92.5 Å². The molecule has 0 saturated carbocycles. The third kappa shape index (κ3) is 5.52. The van der Waals surface area contributed by atoms with Crippen molar-refractivity contribution in [3.05, 3.63) is 23.4 Å². The van der Waals surface area contributed by atoms with Crippen LogP contribution in [0.15, 0.2) is 28.4 Å². The van der Waals surface area contributed by atoms with E-state index in [9.17, 15) is 8.42 Å². The van der Waals surface area contributed by atoms with E-state index in [-0.39, 0.29) is 11.7 Å². The van der Waals surface area contributed by atoms with E-state index in [0.29, 0.717) is 0 Å². The first kappa shape index (κ1) is 14.1. The predicted molar refractivity (Wildman–Crippen MR) is 65.9 cm³/mol. The topological polar surface area (TPSA) is 46.5 Å². The maximum atomic E-state index is 11.2. The van der Waals surface area contributed by atoms with Gasteiger partial charge in [0, 0.05) is 12.5 Å². The lowest BCUT2D eigenvalue weighted by atomic mass is 9.97. The zero-order valence-corrected chi connectivity index (χ0v) is 10.6. The second-order valence-corrected chi connectivity index (χ2v) is 5.95. The van der Waals surface area contributed by atoms with Crippen LogP contribution in [0, 0.1) is 5.92 Å². The monoisotopic (exact) mass is 229 g/mol. The van der Waals surface area contributed by atoms with Gasteiger partial charge >= 0.3 is 0 Å². The molecule has 0 N–H and O–H groups in total. The molecule has 0 unspecified atom stereocenters. The molecule has 0 spiro atoms. The third-order valence-electron chi connectivity index (χ3n) is 1.99. The highest BCUT2D eigenvalue weighted by atomic mass is 32.2. The van der Waals surface area contributed by atoms with Crippen LogP contribution in [0.2, 0.25) is 0 Å². The molecule has 0 aromatic heterocycles. The van der Waals surface area contributed by atoms with Crippen molar-refractivity contribution in [2.75, 3.05) is 12.0 Å². The van der Waals surface area contributed by atoms with Crippen LogP contribution < -0.4 is 0 Å². The van der Waals surface area contributed by atoms with Gasteiger partial charge < -0.3 is 0 Å². The average molecular weight is 229 g/mol. The Hall–Kier alpha value is -0.900. The molecule has 3 nitrogen and oxygen atoms in total. The summed E-state index contributed by atoms with van der Waals surface area (Å²) in [5.41, 5.74) is 1.73. The normalized spacial score (nSPS) is 14.5. The SMILES string of the molecule is C=N/C=C(\C(=C/C)CS(C)(=O)=O)C(C)C. The van der Waals surface area contributed by atoms with Crippen molar-refractivity contribution in [1.82, 2.24) is 0 Å². The number of nitrogens with zero attached hydrogens (tertiary/aromatic N) is 1. The first-order chi connectivity index (χ1) is 6.81. The summed E-state index contributed by atoms with van der Waals surface area (Å²) in [6.45, 7) is 9.23. The largest absolute Gasteiger partial charge is 0.272 e. The van der Waals surface area contributed by atoms with Gasteiger partial charge in [-0.3, -0.25) is 4.99 Å². The fourth-order valence-corrected chi connectivity index (χ4v) is 2.22. The van der Waals surface area contributed by atoms with Gasteiger partial charge in [-0.2, -0.15) is 0 Å². The van der Waals surface area contributed by atoms with Gasteiger partial charge in [0.15, 0.2) is 9.84 Å². The van der Waals surface area contributed by atoms with E-state index in [2.05, 4.69) is 11.7 Å². The van der Waals surface area contributed by atoms with E-state index in [0.717, 1.165) is 11.1 Å². The quantitative estimate of drug-likeness (QED) is 0.536. The summed E-state index contributed by atoms with van der Waals surface area (Å²) < 4.78 is 22.4. The minimum atomic E-state index is -3.00. The first-order valence-corrected chi connectivity index (χ1v) is 6.87. The summed E-state index contributed by atoms with van der Waals surface area (Å²) in [7, 11) is -3.00. The molecule has 0 fully saturated rings. The number of aliphatic imine (C=N–C) groups is 1. The van der Waals surface area contributed by atoms with Crippen molar-refractivity contribution in [1.29, 1.82) is 0 Å². The molecule has 0 aliphatic rings. The lowest BCUT2D eigenvalue weighted by Crippen LogP contribution is -2.10. The molecule has 0 amide bonds. The van der Waals surface area contributed by atoms with E-state index < -0.39 is 9.84 Å². The molecule has 0 atom stereocenters. The summed E-state index contributed by atoms with van der Waals surface area (Å²) in [5.74, 6) is 0.298. The van der Waals surface area contributed by atoms with Crippen LogP contribution in [-0.4, -0.2) is 27.1 Å². The predicted octanol–water partition coefficient (Wildman–Crippen LogP) is 2.22. The van der Waals surface area contributed by atoms with Gasteiger partial charge in [-0.15, -0.1) is 0 Å².